The third kappa shape index (κ3) is 9.56. The molecular formula is C21H32O5. The van der Waals surface area contributed by atoms with Crippen LogP contribution < -0.4 is 4.74 Å². The van der Waals surface area contributed by atoms with Crippen molar-refractivity contribution in [1.82, 2.24) is 0 Å². The van der Waals surface area contributed by atoms with Gasteiger partial charge >= 0.3 is 5.97 Å². The van der Waals surface area contributed by atoms with Gasteiger partial charge in [-0.05, 0) is 50.3 Å². The number of benzene rings is 1. The number of carbonyl (C=O) groups is 2. The molecule has 1 aromatic rings. The standard InChI is InChI=1S/C21H32O5/c1-3-4-5-8-19(23)9-6-7-18(16(2)22)14-17-10-12-20(13-11-17)26-15-21(24)25/h10-13,18-19,23H,3-9,14-15H2,1-2H3,(H,24,25). The maximum atomic E-state index is 11.9. The summed E-state index contributed by atoms with van der Waals surface area (Å²) < 4.78 is 5.11. The third-order valence-corrected chi connectivity index (χ3v) is 4.57. The summed E-state index contributed by atoms with van der Waals surface area (Å²) in [6.45, 7) is 3.40. The van der Waals surface area contributed by atoms with Crippen molar-refractivity contribution in [1.29, 1.82) is 0 Å². The lowest BCUT2D eigenvalue weighted by molar-refractivity contribution is -0.139. The average Bonchev–Trinajstić information content (AvgIpc) is 2.60. The van der Waals surface area contributed by atoms with Gasteiger partial charge < -0.3 is 14.9 Å². The van der Waals surface area contributed by atoms with E-state index in [-0.39, 0.29) is 24.4 Å². The molecule has 1 rings (SSSR count). The van der Waals surface area contributed by atoms with Crippen molar-refractivity contribution in [3.8, 4) is 5.75 Å². The lowest BCUT2D eigenvalue weighted by Gasteiger charge is -2.16. The molecule has 0 aliphatic heterocycles. The molecule has 0 aliphatic carbocycles. The van der Waals surface area contributed by atoms with Crippen LogP contribution in [-0.4, -0.2) is 34.7 Å². The van der Waals surface area contributed by atoms with Crippen molar-refractivity contribution in [2.75, 3.05) is 6.61 Å². The second-order valence-electron chi connectivity index (χ2n) is 6.92. The van der Waals surface area contributed by atoms with E-state index in [1.807, 2.05) is 12.1 Å². The Kier molecular flexibility index (Phi) is 10.6. The minimum absolute atomic E-state index is 0.0522. The van der Waals surface area contributed by atoms with Crippen LogP contribution in [-0.2, 0) is 16.0 Å². The number of ketones is 1. The van der Waals surface area contributed by atoms with Gasteiger partial charge in [-0.2, -0.15) is 0 Å². The quantitative estimate of drug-likeness (QED) is 0.487. The number of aliphatic carboxylic acids is 1. The zero-order valence-corrected chi connectivity index (χ0v) is 15.9. The smallest absolute Gasteiger partial charge is 0.341 e. The molecule has 5 nitrogen and oxygen atoms in total. The maximum absolute atomic E-state index is 11.9. The number of carbonyl (C=O) groups excluding carboxylic acids is 1. The molecular weight excluding hydrogens is 332 g/mol. The summed E-state index contributed by atoms with van der Waals surface area (Å²) in [6, 6.07) is 7.19. The van der Waals surface area contributed by atoms with E-state index in [0.717, 1.165) is 50.5 Å². The molecule has 2 atom stereocenters. The van der Waals surface area contributed by atoms with Crippen LogP contribution in [0.25, 0.3) is 0 Å². The van der Waals surface area contributed by atoms with Crippen molar-refractivity contribution in [2.24, 2.45) is 5.92 Å². The molecule has 0 spiro atoms. The Morgan fingerprint density at radius 2 is 1.69 bits per heavy atom. The first-order valence-electron chi connectivity index (χ1n) is 9.54. The largest absolute Gasteiger partial charge is 0.482 e. The van der Waals surface area contributed by atoms with Gasteiger partial charge in [0, 0.05) is 5.92 Å². The number of unbranched alkanes of at least 4 members (excludes halogenated alkanes) is 2. The number of rotatable bonds is 14. The van der Waals surface area contributed by atoms with Crippen LogP contribution in [0.1, 0.15) is 64.4 Å². The summed E-state index contributed by atoms with van der Waals surface area (Å²) in [5, 5.41) is 18.6. The minimum atomic E-state index is -1.01. The van der Waals surface area contributed by atoms with E-state index in [2.05, 4.69) is 6.92 Å². The second kappa shape index (κ2) is 12.5. The average molecular weight is 364 g/mol. The molecule has 0 saturated heterocycles. The van der Waals surface area contributed by atoms with E-state index in [9.17, 15) is 14.7 Å². The minimum Gasteiger partial charge on any atom is -0.482 e. The Balaban J connectivity index is 2.42. The van der Waals surface area contributed by atoms with Crippen molar-refractivity contribution in [3.05, 3.63) is 29.8 Å². The first kappa shape index (κ1) is 22.2. The number of carboxylic acids is 1. The van der Waals surface area contributed by atoms with Gasteiger partial charge in [-0.15, -0.1) is 0 Å². The lowest BCUT2D eigenvalue weighted by Crippen LogP contribution is -2.15. The van der Waals surface area contributed by atoms with Crippen LogP contribution in [0, 0.1) is 5.92 Å². The summed E-state index contributed by atoms with van der Waals surface area (Å²) in [5.41, 5.74) is 1.02. The van der Waals surface area contributed by atoms with Gasteiger partial charge in [0.15, 0.2) is 6.61 Å². The molecule has 0 fully saturated rings. The predicted octanol–water partition coefficient (Wildman–Crippen LogP) is 4.01. The molecule has 0 heterocycles. The highest BCUT2D eigenvalue weighted by Gasteiger charge is 2.16. The van der Waals surface area contributed by atoms with Crippen LogP contribution in [0.15, 0.2) is 24.3 Å². The van der Waals surface area contributed by atoms with Crippen LogP contribution in [0.5, 0.6) is 5.75 Å². The van der Waals surface area contributed by atoms with Gasteiger partial charge in [0.2, 0.25) is 0 Å². The fraction of sp³-hybridized carbons (Fsp3) is 0.619. The van der Waals surface area contributed by atoms with Crippen molar-refractivity contribution in [2.45, 2.75) is 71.3 Å². The van der Waals surface area contributed by atoms with Gasteiger partial charge in [0.1, 0.15) is 11.5 Å². The van der Waals surface area contributed by atoms with E-state index in [1.165, 1.54) is 0 Å². The number of hydrogen-bond donors (Lipinski definition) is 2. The monoisotopic (exact) mass is 364 g/mol. The van der Waals surface area contributed by atoms with E-state index >= 15 is 0 Å². The summed E-state index contributed by atoms with van der Waals surface area (Å²) in [5.74, 6) is -0.395. The van der Waals surface area contributed by atoms with Gasteiger partial charge in [-0.1, -0.05) is 44.7 Å². The number of ether oxygens (including phenoxy) is 1. The first-order chi connectivity index (χ1) is 12.4. The molecule has 2 unspecified atom stereocenters. The number of aliphatic hydroxyl groups excluding tert-OH is 1. The highest BCUT2D eigenvalue weighted by atomic mass is 16.5. The Labute approximate surface area is 156 Å². The molecule has 0 radical (unpaired) electrons. The molecule has 0 aromatic heterocycles. The molecule has 0 aliphatic rings. The van der Waals surface area contributed by atoms with Crippen LogP contribution in [0.4, 0.5) is 0 Å². The summed E-state index contributed by atoms with van der Waals surface area (Å²) in [7, 11) is 0. The van der Waals surface area contributed by atoms with Crippen molar-refractivity contribution in [3.63, 3.8) is 0 Å². The van der Waals surface area contributed by atoms with Gasteiger partial charge in [-0.3, -0.25) is 4.79 Å². The molecule has 1 aromatic carbocycles. The Morgan fingerprint density at radius 3 is 2.27 bits per heavy atom. The highest BCUT2D eigenvalue weighted by molar-refractivity contribution is 5.78. The van der Waals surface area contributed by atoms with Gasteiger partial charge in [0.05, 0.1) is 6.10 Å². The first-order valence-corrected chi connectivity index (χ1v) is 9.54. The number of Topliss-reactive ketones (excluding diaryl/α,β-unsaturated/α-hetero) is 1. The predicted molar refractivity (Wildman–Crippen MR) is 101 cm³/mol. The molecule has 146 valence electrons. The Bertz CT molecular complexity index is 538. The Morgan fingerprint density at radius 1 is 1.04 bits per heavy atom. The zero-order chi connectivity index (χ0) is 19.4. The zero-order valence-electron chi connectivity index (χ0n) is 15.9. The summed E-state index contributed by atoms with van der Waals surface area (Å²) in [4.78, 5) is 22.4. The molecule has 0 bridgehead atoms. The maximum Gasteiger partial charge on any atom is 0.341 e. The second-order valence-corrected chi connectivity index (χ2v) is 6.92. The SMILES string of the molecule is CCCCCC(O)CCCC(Cc1ccc(OCC(=O)O)cc1)C(C)=O. The number of aliphatic hydroxyl groups is 1. The number of carboxylic acid groups (broad SMARTS) is 1. The van der Waals surface area contributed by atoms with E-state index in [0.29, 0.717) is 12.2 Å². The fourth-order valence-electron chi connectivity index (χ4n) is 2.97. The number of hydrogen-bond acceptors (Lipinski definition) is 4. The lowest BCUT2D eigenvalue weighted by atomic mass is 9.90. The molecule has 0 amide bonds. The van der Waals surface area contributed by atoms with Gasteiger partial charge in [-0.25, -0.2) is 4.79 Å². The van der Waals surface area contributed by atoms with Gasteiger partial charge in [0.25, 0.3) is 0 Å². The van der Waals surface area contributed by atoms with E-state index in [1.54, 1.807) is 19.1 Å². The highest BCUT2D eigenvalue weighted by Crippen LogP contribution is 2.20. The third-order valence-electron chi connectivity index (χ3n) is 4.57. The normalized spacial score (nSPS) is 13.2. The fourth-order valence-corrected chi connectivity index (χ4v) is 2.97. The molecule has 0 saturated carbocycles. The summed E-state index contributed by atoms with van der Waals surface area (Å²) >= 11 is 0. The molecule has 5 heteroatoms. The van der Waals surface area contributed by atoms with Crippen molar-refractivity contribution >= 4 is 11.8 Å². The molecule has 26 heavy (non-hydrogen) atoms. The van der Waals surface area contributed by atoms with E-state index < -0.39 is 5.97 Å². The molecule has 2 N–H and O–H groups in total. The van der Waals surface area contributed by atoms with Crippen LogP contribution in [0.3, 0.4) is 0 Å². The van der Waals surface area contributed by atoms with E-state index in [4.69, 9.17) is 9.84 Å². The topological polar surface area (TPSA) is 83.8 Å². The summed E-state index contributed by atoms with van der Waals surface area (Å²) in [6.07, 6.45) is 6.96. The van der Waals surface area contributed by atoms with Crippen molar-refractivity contribution < 1.29 is 24.5 Å². The van der Waals surface area contributed by atoms with Crippen LogP contribution >= 0.6 is 0 Å². The Hall–Kier alpha value is -1.88. The van der Waals surface area contributed by atoms with Crippen LogP contribution in [0.2, 0.25) is 0 Å².